The van der Waals surface area contributed by atoms with E-state index in [1.165, 1.54) is 6.33 Å². The first kappa shape index (κ1) is 12.8. The van der Waals surface area contributed by atoms with Crippen LogP contribution in [0.25, 0.3) is 0 Å². The van der Waals surface area contributed by atoms with Crippen LogP contribution >= 0.6 is 27.3 Å². The minimum absolute atomic E-state index is 0.227. The topological polar surface area (TPSA) is 64.8 Å². The summed E-state index contributed by atoms with van der Waals surface area (Å²) in [4.78, 5) is 10.2. The van der Waals surface area contributed by atoms with Gasteiger partial charge >= 0.3 is 0 Å². The number of hydrogen-bond acceptors (Lipinski definition) is 6. The Kier molecular flexibility index (Phi) is 4.12. The van der Waals surface area contributed by atoms with Crippen LogP contribution in [0.1, 0.15) is 0 Å². The maximum Gasteiger partial charge on any atom is 0.138 e. The third kappa shape index (κ3) is 2.97. The highest BCUT2D eigenvalue weighted by Gasteiger charge is 2.08. The van der Waals surface area contributed by atoms with Gasteiger partial charge in [-0.2, -0.15) is 5.26 Å². The first-order chi connectivity index (χ1) is 8.70. The lowest BCUT2D eigenvalue weighted by atomic mass is 10.4. The molecular formula is C11H10BrN5S. The number of nitrogens with one attached hydrogen (secondary N) is 1. The second kappa shape index (κ2) is 5.80. The predicted octanol–water partition coefficient (Wildman–Crippen LogP) is 3.00. The quantitative estimate of drug-likeness (QED) is 0.876. The van der Waals surface area contributed by atoms with Crippen molar-refractivity contribution < 1.29 is 0 Å². The van der Waals surface area contributed by atoms with Gasteiger partial charge in [-0.3, -0.25) is 0 Å². The highest BCUT2D eigenvalue weighted by atomic mass is 79.9. The molecule has 0 aliphatic heterocycles. The zero-order chi connectivity index (χ0) is 13.0. The van der Waals surface area contributed by atoms with Crippen molar-refractivity contribution in [2.75, 3.05) is 23.8 Å². The average molecular weight is 324 g/mol. The molecule has 0 aliphatic carbocycles. The van der Waals surface area contributed by atoms with Crippen molar-refractivity contribution in [1.82, 2.24) is 9.97 Å². The van der Waals surface area contributed by atoms with Gasteiger partial charge in [-0.15, -0.1) is 11.3 Å². The molecule has 0 radical (unpaired) electrons. The number of anilines is 3. The van der Waals surface area contributed by atoms with Gasteiger partial charge in [0.05, 0.1) is 11.1 Å². The molecule has 0 fully saturated rings. The van der Waals surface area contributed by atoms with Crippen molar-refractivity contribution in [2.45, 2.75) is 0 Å². The van der Waals surface area contributed by atoms with Gasteiger partial charge in [-0.25, -0.2) is 9.97 Å². The summed E-state index contributed by atoms with van der Waals surface area (Å²) in [5.41, 5.74) is 0. The van der Waals surface area contributed by atoms with E-state index in [2.05, 4.69) is 31.2 Å². The summed E-state index contributed by atoms with van der Waals surface area (Å²) in [5.74, 6) is 1.42. The minimum Gasteiger partial charge on any atom is -0.357 e. The van der Waals surface area contributed by atoms with Crippen LogP contribution in [-0.4, -0.2) is 23.6 Å². The Bertz CT molecular complexity index is 577. The van der Waals surface area contributed by atoms with Gasteiger partial charge in [0.2, 0.25) is 0 Å². The van der Waals surface area contributed by atoms with E-state index < -0.39 is 0 Å². The van der Waals surface area contributed by atoms with E-state index in [4.69, 9.17) is 5.26 Å². The van der Waals surface area contributed by atoms with Crippen LogP contribution in [0.5, 0.6) is 0 Å². The van der Waals surface area contributed by atoms with E-state index in [9.17, 15) is 0 Å². The van der Waals surface area contributed by atoms with Crippen molar-refractivity contribution in [3.05, 3.63) is 28.3 Å². The van der Waals surface area contributed by atoms with Crippen LogP contribution in [0.3, 0.4) is 0 Å². The first-order valence-corrected chi connectivity index (χ1v) is 6.78. The Morgan fingerprint density at radius 1 is 1.50 bits per heavy atom. The van der Waals surface area contributed by atoms with E-state index in [1.807, 2.05) is 35.5 Å². The van der Waals surface area contributed by atoms with E-state index >= 15 is 0 Å². The largest absolute Gasteiger partial charge is 0.357 e. The molecule has 1 N–H and O–H groups in total. The molecule has 18 heavy (non-hydrogen) atoms. The van der Waals surface area contributed by atoms with Crippen molar-refractivity contribution in [3.8, 4) is 6.07 Å². The van der Waals surface area contributed by atoms with Crippen molar-refractivity contribution in [2.24, 2.45) is 0 Å². The van der Waals surface area contributed by atoms with E-state index in [0.29, 0.717) is 5.82 Å². The molecule has 0 spiro atoms. The summed E-state index contributed by atoms with van der Waals surface area (Å²) in [6.45, 7) is 0.227. The second-order valence-electron chi connectivity index (χ2n) is 3.44. The first-order valence-electron chi connectivity index (χ1n) is 5.11. The summed E-state index contributed by atoms with van der Waals surface area (Å²) >= 11 is 5.05. The molecule has 0 aromatic carbocycles. The molecule has 0 aliphatic rings. The standard InChI is InChI=1S/C11H10BrN5S/c1-17(11-4-8(12)6-18-11)10-5-9(14-3-2-13)15-7-16-10/h4-7H,3H2,1H3,(H,14,15,16). The van der Waals surface area contributed by atoms with Crippen LogP contribution in [-0.2, 0) is 0 Å². The third-order valence-corrected chi connectivity index (χ3v) is 3.99. The zero-order valence-corrected chi connectivity index (χ0v) is 12.0. The average Bonchev–Trinajstić information content (AvgIpc) is 2.82. The monoisotopic (exact) mass is 323 g/mol. The maximum atomic E-state index is 8.52. The van der Waals surface area contributed by atoms with Gasteiger partial charge in [0.1, 0.15) is 24.5 Å². The number of hydrogen-bond donors (Lipinski definition) is 1. The Labute approximate surface area is 117 Å². The number of rotatable bonds is 4. The smallest absolute Gasteiger partial charge is 0.138 e. The molecule has 2 heterocycles. The van der Waals surface area contributed by atoms with Gasteiger partial charge in [-0.05, 0) is 22.0 Å². The van der Waals surface area contributed by atoms with Gasteiger partial charge in [0, 0.05) is 23.0 Å². The van der Waals surface area contributed by atoms with Crippen LogP contribution in [0.15, 0.2) is 28.3 Å². The summed E-state index contributed by atoms with van der Waals surface area (Å²) in [6, 6.07) is 5.84. The summed E-state index contributed by atoms with van der Waals surface area (Å²) in [6.07, 6.45) is 1.48. The number of nitrogens with zero attached hydrogens (tertiary/aromatic N) is 4. The van der Waals surface area contributed by atoms with Gasteiger partial charge in [-0.1, -0.05) is 0 Å². The highest BCUT2D eigenvalue weighted by molar-refractivity contribution is 9.10. The second-order valence-corrected chi connectivity index (χ2v) is 5.24. The molecule has 5 nitrogen and oxygen atoms in total. The predicted molar refractivity (Wildman–Crippen MR) is 76.2 cm³/mol. The van der Waals surface area contributed by atoms with Crippen LogP contribution in [0.2, 0.25) is 0 Å². The fourth-order valence-electron chi connectivity index (χ4n) is 1.35. The summed E-state index contributed by atoms with van der Waals surface area (Å²) < 4.78 is 1.05. The molecule has 0 amide bonds. The Morgan fingerprint density at radius 3 is 3.00 bits per heavy atom. The number of halogens is 1. The molecule has 2 aromatic rings. The van der Waals surface area contributed by atoms with Gasteiger partial charge in [0.25, 0.3) is 0 Å². The normalized spacial score (nSPS) is 9.83. The number of nitriles is 1. The van der Waals surface area contributed by atoms with Gasteiger partial charge < -0.3 is 10.2 Å². The van der Waals surface area contributed by atoms with E-state index in [-0.39, 0.29) is 6.54 Å². The SMILES string of the molecule is CN(c1cc(NCC#N)ncn1)c1cc(Br)cs1. The number of thiophene rings is 1. The lowest BCUT2D eigenvalue weighted by Gasteiger charge is -2.16. The maximum absolute atomic E-state index is 8.52. The highest BCUT2D eigenvalue weighted by Crippen LogP contribution is 2.31. The van der Waals surface area contributed by atoms with E-state index in [0.717, 1.165) is 15.3 Å². The molecule has 0 saturated carbocycles. The molecule has 2 aromatic heterocycles. The Hall–Kier alpha value is -1.65. The lowest BCUT2D eigenvalue weighted by molar-refractivity contribution is 1.08. The van der Waals surface area contributed by atoms with Gasteiger partial charge in [0.15, 0.2) is 0 Å². The molecule has 2 rings (SSSR count). The van der Waals surface area contributed by atoms with Crippen LogP contribution in [0, 0.1) is 11.3 Å². The van der Waals surface area contributed by atoms with E-state index in [1.54, 1.807) is 11.3 Å². The van der Waals surface area contributed by atoms with Crippen molar-refractivity contribution >= 4 is 43.9 Å². The van der Waals surface area contributed by atoms with Crippen LogP contribution in [0.4, 0.5) is 16.6 Å². The fourth-order valence-corrected chi connectivity index (χ4v) is 2.75. The molecule has 0 atom stereocenters. The minimum atomic E-state index is 0.227. The number of aromatic nitrogens is 2. The van der Waals surface area contributed by atoms with Crippen molar-refractivity contribution in [1.29, 1.82) is 5.26 Å². The molecule has 0 unspecified atom stereocenters. The molecule has 7 heteroatoms. The molecular weight excluding hydrogens is 314 g/mol. The third-order valence-electron chi connectivity index (χ3n) is 2.23. The van der Waals surface area contributed by atoms with Crippen LogP contribution < -0.4 is 10.2 Å². The summed E-state index contributed by atoms with van der Waals surface area (Å²) in [7, 11) is 1.94. The summed E-state index contributed by atoms with van der Waals surface area (Å²) in [5, 5.41) is 14.5. The Morgan fingerprint density at radius 2 is 2.33 bits per heavy atom. The molecule has 0 saturated heterocycles. The Balaban J connectivity index is 2.20. The molecule has 92 valence electrons. The lowest BCUT2D eigenvalue weighted by Crippen LogP contribution is -2.11. The molecule has 0 bridgehead atoms. The fraction of sp³-hybridized carbons (Fsp3) is 0.182. The van der Waals surface area contributed by atoms with Crippen molar-refractivity contribution in [3.63, 3.8) is 0 Å². The zero-order valence-electron chi connectivity index (χ0n) is 9.59.